The van der Waals surface area contributed by atoms with Gasteiger partial charge in [-0.2, -0.15) is 0 Å². The van der Waals surface area contributed by atoms with E-state index in [9.17, 15) is 0 Å². The Labute approximate surface area is 78.4 Å². The number of fused-ring (bicyclic) bond motifs is 1. The van der Waals surface area contributed by atoms with E-state index < -0.39 is 0 Å². The lowest BCUT2D eigenvalue weighted by Gasteiger charge is -1.95. The normalized spacial score (nSPS) is 9.46. The smallest absolute Gasteiger partial charge is 0.160 e. The van der Waals surface area contributed by atoms with Gasteiger partial charge < -0.3 is 0 Å². The van der Waals surface area contributed by atoms with Crippen LogP contribution < -0.4 is 0 Å². The Morgan fingerprint density at radius 2 is 2.15 bits per heavy atom. The molecule has 2 aromatic heterocycles. The second kappa shape index (κ2) is 4.60. The molecule has 0 atom stereocenters. The summed E-state index contributed by atoms with van der Waals surface area (Å²) in [6.45, 7) is 6.13. The molecule has 0 unspecified atom stereocenters. The number of rotatable bonds is 1. The predicted octanol–water partition coefficient (Wildman–Crippen LogP) is 2.32. The minimum absolute atomic E-state index is 0.921. The second-order valence-corrected chi connectivity index (χ2v) is 2.48. The highest BCUT2D eigenvalue weighted by atomic mass is 15.2. The van der Waals surface area contributed by atoms with Gasteiger partial charge in [-0.05, 0) is 24.1 Å². The minimum atomic E-state index is 0.921. The molecule has 0 saturated heterocycles. The maximum atomic E-state index is 3.94. The summed E-state index contributed by atoms with van der Waals surface area (Å²) in [6, 6.07) is 4.13. The van der Waals surface area contributed by atoms with Crippen LogP contribution in [-0.4, -0.2) is 14.6 Å². The highest BCUT2D eigenvalue weighted by molar-refractivity contribution is 5.39. The molecule has 0 aliphatic rings. The molecule has 13 heavy (non-hydrogen) atoms. The molecule has 2 aromatic rings. The Bertz CT molecular complexity index is 365. The van der Waals surface area contributed by atoms with Gasteiger partial charge in [0.15, 0.2) is 5.65 Å². The molecule has 0 aliphatic heterocycles. The molecule has 2 heterocycles. The average Bonchev–Trinajstić information content (AvgIpc) is 2.67. The summed E-state index contributed by atoms with van der Waals surface area (Å²) in [5.74, 6) is 0. The molecule has 2 rings (SSSR count). The van der Waals surface area contributed by atoms with Crippen molar-refractivity contribution >= 4 is 5.65 Å². The fourth-order valence-corrected chi connectivity index (χ4v) is 1.08. The molecular weight excluding hydrogens is 162 g/mol. The summed E-state index contributed by atoms with van der Waals surface area (Å²) in [7, 11) is 0. The molecule has 0 radical (unpaired) electrons. The van der Waals surface area contributed by atoms with Crippen molar-refractivity contribution in [2.75, 3.05) is 0 Å². The van der Waals surface area contributed by atoms with E-state index in [4.69, 9.17) is 0 Å². The molecule has 0 spiro atoms. The molecule has 3 nitrogen and oxygen atoms in total. The third-order valence-corrected chi connectivity index (χ3v) is 1.77. The lowest BCUT2D eigenvalue weighted by Crippen LogP contribution is -1.85. The number of hydrogen-bond acceptors (Lipinski definition) is 2. The van der Waals surface area contributed by atoms with Gasteiger partial charge in [0.1, 0.15) is 6.33 Å². The van der Waals surface area contributed by atoms with Crippen molar-refractivity contribution in [3.8, 4) is 0 Å². The Kier molecular flexibility index (Phi) is 3.43. The average molecular weight is 177 g/mol. The van der Waals surface area contributed by atoms with Gasteiger partial charge >= 0.3 is 0 Å². The van der Waals surface area contributed by atoms with Crippen molar-refractivity contribution in [1.29, 1.82) is 0 Å². The summed E-state index contributed by atoms with van der Waals surface area (Å²) in [5, 5.41) is 7.73. The lowest BCUT2D eigenvalue weighted by atomic mass is 10.2. The van der Waals surface area contributed by atoms with Crippen molar-refractivity contribution in [3.05, 3.63) is 30.2 Å². The maximum Gasteiger partial charge on any atom is 0.160 e. The zero-order valence-corrected chi connectivity index (χ0v) is 8.36. The van der Waals surface area contributed by atoms with Crippen LogP contribution >= 0.6 is 0 Å². The van der Waals surface area contributed by atoms with Crippen molar-refractivity contribution in [2.45, 2.75) is 27.2 Å². The lowest BCUT2D eigenvalue weighted by molar-refractivity contribution is 1.09. The molecule has 0 amide bonds. The van der Waals surface area contributed by atoms with E-state index in [1.54, 1.807) is 6.33 Å². The fourth-order valence-electron chi connectivity index (χ4n) is 1.08. The molecule has 70 valence electrons. The monoisotopic (exact) mass is 177 g/mol. The van der Waals surface area contributed by atoms with Crippen LogP contribution in [0.15, 0.2) is 24.7 Å². The largest absolute Gasteiger partial charge is 0.289 e. The number of aryl methyl sites for hydroxylation is 1. The molecule has 3 heteroatoms. The van der Waals surface area contributed by atoms with Crippen LogP contribution in [0.5, 0.6) is 0 Å². The van der Waals surface area contributed by atoms with Crippen LogP contribution in [-0.2, 0) is 6.42 Å². The Balaban J connectivity index is 0.000000396. The van der Waals surface area contributed by atoms with Gasteiger partial charge in [-0.1, -0.05) is 20.8 Å². The number of pyridine rings is 1. The van der Waals surface area contributed by atoms with Gasteiger partial charge in [0.05, 0.1) is 0 Å². The van der Waals surface area contributed by atoms with Gasteiger partial charge in [-0.3, -0.25) is 4.40 Å². The quantitative estimate of drug-likeness (QED) is 0.669. The van der Waals surface area contributed by atoms with E-state index in [0.717, 1.165) is 12.1 Å². The minimum Gasteiger partial charge on any atom is -0.289 e. The Morgan fingerprint density at radius 1 is 1.38 bits per heavy atom. The number of nitrogens with zero attached hydrogens (tertiary/aromatic N) is 3. The van der Waals surface area contributed by atoms with E-state index in [2.05, 4.69) is 23.2 Å². The Hall–Kier alpha value is -1.38. The van der Waals surface area contributed by atoms with Crippen LogP contribution in [0, 0.1) is 0 Å². The third-order valence-electron chi connectivity index (χ3n) is 1.77. The summed E-state index contributed by atoms with van der Waals surface area (Å²) in [5.41, 5.74) is 2.22. The van der Waals surface area contributed by atoms with Crippen LogP contribution in [0.25, 0.3) is 5.65 Å². The number of hydrogen-bond donors (Lipinski definition) is 0. The molecule has 0 aliphatic carbocycles. The zero-order valence-electron chi connectivity index (χ0n) is 8.36. The maximum absolute atomic E-state index is 3.94. The molecule has 0 saturated carbocycles. The standard InChI is InChI=1S/C8H9N3.C2H6/c1-2-7-3-4-11-6-9-10-8(11)5-7;1-2/h3-6H,2H2,1H3;1-2H3. The summed E-state index contributed by atoms with van der Waals surface area (Å²) in [6.07, 6.45) is 4.73. The van der Waals surface area contributed by atoms with Gasteiger partial charge in [-0.15, -0.1) is 10.2 Å². The molecular formula is C10H15N3. The Morgan fingerprint density at radius 3 is 2.85 bits per heavy atom. The first-order chi connectivity index (χ1) is 6.40. The van der Waals surface area contributed by atoms with E-state index in [-0.39, 0.29) is 0 Å². The first kappa shape index (κ1) is 9.71. The fraction of sp³-hybridized carbons (Fsp3) is 0.400. The summed E-state index contributed by atoms with van der Waals surface area (Å²) in [4.78, 5) is 0. The van der Waals surface area contributed by atoms with E-state index in [0.29, 0.717) is 0 Å². The molecule has 0 aromatic carbocycles. The molecule has 0 bridgehead atoms. The SMILES string of the molecule is CC.CCc1ccn2cnnc2c1. The van der Waals surface area contributed by atoms with Crippen molar-refractivity contribution < 1.29 is 0 Å². The van der Waals surface area contributed by atoms with Gasteiger partial charge in [0, 0.05) is 6.20 Å². The predicted molar refractivity (Wildman–Crippen MR) is 53.7 cm³/mol. The topological polar surface area (TPSA) is 30.2 Å². The molecule has 0 fully saturated rings. The highest BCUT2D eigenvalue weighted by Crippen LogP contribution is 2.03. The van der Waals surface area contributed by atoms with Crippen molar-refractivity contribution in [3.63, 3.8) is 0 Å². The zero-order chi connectivity index (χ0) is 9.68. The van der Waals surface area contributed by atoms with Crippen LogP contribution in [0.4, 0.5) is 0 Å². The van der Waals surface area contributed by atoms with Gasteiger partial charge in [0.2, 0.25) is 0 Å². The van der Waals surface area contributed by atoms with E-state index in [1.807, 2.05) is 30.5 Å². The summed E-state index contributed by atoms with van der Waals surface area (Å²) < 4.78 is 1.90. The van der Waals surface area contributed by atoms with E-state index >= 15 is 0 Å². The summed E-state index contributed by atoms with van der Waals surface area (Å²) >= 11 is 0. The third kappa shape index (κ3) is 2.05. The van der Waals surface area contributed by atoms with Crippen molar-refractivity contribution in [2.24, 2.45) is 0 Å². The van der Waals surface area contributed by atoms with E-state index in [1.165, 1.54) is 5.56 Å². The molecule has 0 N–H and O–H groups in total. The highest BCUT2D eigenvalue weighted by Gasteiger charge is 1.94. The van der Waals surface area contributed by atoms with Crippen LogP contribution in [0.3, 0.4) is 0 Å². The van der Waals surface area contributed by atoms with Crippen molar-refractivity contribution in [1.82, 2.24) is 14.6 Å². The first-order valence-corrected chi connectivity index (χ1v) is 4.68. The van der Waals surface area contributed by atoms with Gasteiger partial charge in [0.25, 0.3) is 0 Å². The number of aromatic nitrogens is 3. The van der Waals surface area contributed by atoms with Gasteiger partial charge in [-0.25, -0.2) is 0 Å². The second-order valence-electron chi connectivity index (χ2n) is 2.48. The van der Waals surface area contributed by atoms with Crippen LogP contribution in [0.1, 0.15) is 26.3 Å². The first-order valence-electron chi connectivity index (χ1n) is 4.68. The van der Waals surface area contributed by atoms with Crippen LogP contribution in [0.2, 0.25) is 0 Å².